The molecule has 0 spiro atoms. The highest BCUT2D eigenvalue weighted by Crippen LogP contribution is 2.38. The molecule has 1 fully saturated rings. The molecule has 1 aromatic rings. The molecule has 3 rings (SSSR count). The second-order valence-electron chi connectivity index (χ2n) is 7.52. The molecule has 2 heteroatoms. The van der Waals surface area contributed by atoms with Gasteiger partial charge in [0.25, 0.3) is 0 Å². The van der Waals surface area contributed by atoms with Crippen LogP contribution in [0.25, 0.3) is 0 Å². The largest absolute Gasteiger partial charge is 0.207 e. The first-order chi connectivity index (χ1) is 11.6. The Morgan fingerprint density at radius 2 is 1.71 bits per heavy atom. The molecule has 0 heterocycles. The Labute approximate surface area is 144 Å². The van der Waals surface area contributed by atoms with Gasteiger partial charge in [-0.2, -0.15) is 0 Å². The second-order valence-corrected chi connectivity index (χ2v) is 7.52. The molecule has 0 aromatic heterocycles. The number of rotatable bonds is 4. The summed E-state index contributed by atoms with van der Waals surface area (Å²) in [5.41, 5.74) is 2.29. The van der Waals surface area contributed by atoms with Gasteiger partial charge in [0.1, 0.15) is 11.6 Å². The molecule has 1 saturated carbocycles. The molecular weight excluding hydrogens is 302 g/mol. The molecule has 130 valence electrons. The van der Waals surface area contributed by atoms with Crippen LogP contribution in [0.5, 0.6) is 0 Å². The van der Waals surface area contributed by atoms with Crippen LogP contribution in [0.3, 0.4) is 0 Å². The minimum atomic E-state index is -0.442. The van der Waals surface area contributed by atoms with Crippen LogP contribution < -0.4 is 0 Å². The van der Waals surface area contributed by atoms with Gasteiger partial charge in [-0.05, 0) is 74.1 Å². The van der Waals surface area contributed by atoms with Crippen LogP contribution in [0.15, 0.2) is 35.9 Å². The predicted octanol–water partition coefficient (Wildman–Crippen LogP) is 6.85. The average Bonchev–Trinajstić information content (AvgIpc) is 2.60. The van der Waals surface area contributed by atoms with Crippen molar-refractivity contribution in [2.75, 3.05) is 0 Å². The first-order valence-corrected chi connectivity index (χ1v) is 9.42. The fourth-order valence-corrected chi connectivity index (χ4v) is 4.26. The summed E-state index contributed by atoms with van der Waals surface area (Å²) in [6.07, 6.45) is 15.4. The van der Waals surface area contributed by atoms with Crippen LogP contribution in [-0.4, -0.2) is 0 Å². The maximum absolute atomic E-state index is 13.8. The van der Waals surface area contributed by atoms with E-state index in [0.717, 1.165) is 17.9 Å². The van der Waals surface area contributed by atoms with Crippen molar-refractivity contribution in [2.45, 2.75) is 64.7 Å². The van der Waals surface area contributed by atoms with Gasteiger partial charge in [0.05, 0.1) is 0 Å². The third-order valence-corrected chi connectivity index (χ3v) is 5.87. The smallest absolute Gasteiger partial charge is 0.129 e. The summed E-state index contributed by atoms with van der Waals surface area (Å²) in [5.74, 6) is 0.812. The van der Waals surface area contributed by atoms with Gasteiger partial charge in [0.15, 0.2) is 0 Å². The van der Waals surface area contributed by atoms with Crippen molar-refractivity contribution >= 4 is 0 Å². The Morgan fingerprint density at radius 3 is 2.25 bits per heavy atom. The first kappa shape index (κ1) is 17.4. The lowest BCUT2D eigenvalue weighted by Crippen LogP contribution is -2.16. The fraction of sp³-hybridized carbons (Fsp3) is 0.545. The van der Waals surface area contributed by atoms with E-state index in [1.54, 1.807) is 0 Å². The summed E-state index contributed by atoms with van der Waals surface area (Å²) in [6, 6.07) is 2.98. The molecule has 0 saturated heterocycles. The third-order valence-electron chi connectivity index (χ3n) is 5.87. The van der Waals surface area contributed by atoms with E-state index in [9.17, 15) is 8.78 Å². The molecule has 0 nitrogen and oxygen atoms in total. The van der Waals surface area contributed by atoms with Crippen molar-refractivity contribution in [3.63, 3.8) is 0 Å². The number of allylic oxidation sites excluding steroid dienone is 4. The van der Waals surface area contributed by atoms with Crippen LogP contribution in [0.2, 0.25) is 0 Å². The molecule has 0 N–H and O–H groups in total. The van der Waals surface area contributed by atoms with Crippen LogP contribution in [-0.2, 0) is 0 Å². The Balaban J connectivity index is 1.62. The van der Waals surface area contributed by atoms with E-state index in [1.165, 1.54) is 63.2 Å². The highest BCUT2D eigenvalue weighted by Gasteiger charge is 2.24. The Morgan fingerprint density at radius 1 is 1.04 bits per heavy atom. The lowest BCUT2D eigenvalue weighted by Gasteiger charge is -2.30. The Kier molecular flexibility index (Phi) is 5.53. The predicted molar refractivity (Wildman–Crippen MR) is 96.0 cm³/mol. The minimum Gasteiger partial charge on any atom is -0.207 e. The van der Waals surface area contributed by atoms with E-state index in [-0.39, 0.29) is 11.5 Å². The lowest BCUT2D eigenvalue weighted by atomic mass is 9.75. The van der Waals surface area contributed by atoms with Crippen molar-refractivity contribution in [1.82, 2.24) is 0 Å². The van der Waals surface area contributed by atoms with Gasteiger partial charge in [-0.25, -0.2) is 8.78 Å². The van der Waals surface area contributed by atoms with E-state index in [2.05, 4.69) is 25.2 Å². The van der Waals surface area contributed by atoms with Crippen LogP contribution >= 0.6 is 0 Å². The van der Waals surface area contributed by atoms with Gasteiger partial charge >= 0.3 is 0 Å². The number of hydrogen-bond donors (Lipinski definition) is 0. The fourth-order valence-electron chi connectivity index (χ4n) is 4.26. The lowest BCUT2D eigenvalue weighted by molar-refractivity contribution is 0.288. The van der Waals surface area contributed by atoms with Gasteiger partial charge in [-0.15, -0.1) is 0 Å². The molecular formula is C22H28F2. The molecule has 0 aliphatic heterocycles. The van der Waals surface area contributed by atoms with Crippen molar-refractivity contribution in [2.24, 2.45) is 11.8 Å². The summed E-state index contributed by atoms with van der Waals surface area (Å²) < 4.78 is 27.6. The van der Waals surface area contributed by atoms with Gasteiger partial charge in [-0.3, -0.25) is 0 Å². The van der Waals surface area contributed by atoms with E-state index >= 15 is 0 Å². The van der Waals surface area contributed by atoms with Crippen molar-refractivity contribution in [1.29, 1.82) is 0 Å². The zero-order chi connectivity index (χ0) is 17.1. The highest BCUT2D eigenvalue weighted by atomic mass is 19.1. The summed E-state index contributed by atoms with van der Waals surface area (Å²) in [4.78, 5) is 0. The van der Waals surface area contributed by atoms with Crippen LogP contribution in [0, 0.1) is 30.4 Å². The highest BCUT2D eigenvalue weighted by molar-refractivity contribution is 5.36. The summed E-state index contributed by atoms with van der Waals surface area (Å²) >= 11 is 0. The topological polar surface area (TPSA) is 0 Å². The van der Waals surface area contributed by atoms with E-state index in [1.807, 2.05) is 0 Å². The molecule has 1 unspecified atom stereocenters. The molecule has 1 atom stereocenters. The second kappa shape index (κ2) is 7.63. The van der Waals surface area contributed by atoms with E-state index in [0.29, 0.717) is 5.92 Å². The third kappa shape index (κ3) is 3.79. The van der Waals surface area contributed by atoms with E-state index in [4.69, 9.17) is 0 Å². The first-order valence-electron chi connectivity index (χ1n) is 9.42. The summed E-state index contributed by atoms with van der Waals surface area (Å²) in [5, 5.41) is 0. The molecule has 0 bridgehead atoms. The average molecular weight is 330 g/mol. The number of benzene rings is 1. The molecule has 2 aliphatic rings. The maximum Gasteiger partial charge on any atom is 0.129 e. The SMILES string of the molecule is CCC[C@H]1CC[C@H](C2=CCC(c3cc(F)c(C)c(F)c3)C=C2)CC1. The van der Waals surface area contributed by atoms with Gasteiger partial charge in [0.2, 0.25) is 0 Å². The van der Waals surface area contributed by atoms with Gasteiger partial charge in [-0.1, -0.05) is 38.0 Å². The van der Waals surface area contributed by atoms with Crippen molar-refractivity contribution in [3.05, 3.63) is 58.7 Å². The number of hydrogen-bond acceptors (Lipinski definition) is 0. The van der Waals surface area contributed by atoms with Crippen molar-refractivity contribution in [3.8, 4) is 0 Å². The molecule has 0 radical (unpaired) electrons. The molecule has 1 aromatic carbocycles. The quantitative estimate of drug-likeness (QED) is 0.566. The summed E-state index contributed by atoms with van der Waals surface area (Å²) in [7, 11) is 0. The minimum absolute atomic E-state index is 0.0924. The zero-order valence-corrected chi connectivity index (χ0v) is 14.8. The molecule has 24 heavy (non-hydrogen) atoms. The normalized spacial score (nSPS) is 27.2. The van der Waals surface area contributed by atoms with Gasteiger partial charge < -0.3 is 0 Å². The Bertz CT molecular complexity index is 610. The standard InChI is InChI=1S/C22H28F2/c1-3-4-16-5-7-17(8-6-16)18-9-11-19(12-10-18)20-13-21(23)15(2)22(24)14-20/h9-11,13-14,16-17,19H,3-8,12H2,1-2H3/t16-,17-,19?. The van der Waals surface area contributed by atoms with Crippen LogP contribution in [0.4, 0.5) is 8.78 Å². The van der Waals surface area contributed by atoms with Crippen molar-refractivity contribution < 1.29 is 8.78 Å². The zero-order valence-electron chi connectivity index (χ0n) is 14.8. The molecule has 0 amide bonds. The number of halogens is 2. The Hall–Kier alpha value is -1.44. The monoisotopic (exact) mass is 330 g/mol. The van der Waals surface area contributed by atoms with E-state index < -0.39 is 11.6 Å². The molecule has 2 aliphatic carbocycles. The summed E-state index contributed by atoms with van der Waals surface area (Å²) in [6.45, 7) is 3.76. The van der Waals surface area contributed by atoms with Gasteiger partial charge in [0, 0.05) is 11.5 Å². The maximum atomic E-state index is 13.8. The van der Waals surface area contributed by atoms with Crippen LogP contribution in [0.1, 0.15) is 68.9 Å².